The number of aliphatic hydroxyl groups excluding tert-OH is 1. The number of piperidine rings is 1. The molecule has 0 aromatic heterocycles. The average molecular weight is 328 g/mol. The van der Waals surface area contributed by atoms with Crippen LogP contribution in [0.4, 0.5) is 5.69 Å². The lowest BCUT2D eigenvalue weighted by Crippen LogP contribution is -2.34. The minimum absolute atomic E-state index is 0.0275. The summed E-state index contributed by atoms with van der Waals surface area (Å²) in [7, 11) is 0. The van der Waals surface area contributed by atoms with E-state index in [1.54, 1.807) is 6.08 Å². The molecule has 1 aromatic rings. The van der Waals surface area contributed by atoms with E-state index in [0.717, 1.165) is 38.2 Å². The molecule has 2 N–H and O–H groups in total. The normalized spacial score (nSPS) is 20.2. The quantitative estimate of drug-likeness (QED) is 0.789. The van der Waals surface area contributed by atoms with E-state index in [1.165, 1.54) is 24.0 Å². The van der Waals surface area contributed by atoms with E-state index < -0.39 is 0 Å². The molecule has 2 fully saturated rings. The monoisotopic (exact) mass is 328 g/mol. The minimum atomic E-state index is -0.0275. The number of carbonyl (C=O) groups excluding carboxylic acids is 1. The Hall–Kier alpha value is -1.65. The van der Waals surface area contributed by atoms with Crippen molar-refractivity contribution in [3.8, 4) is 0 Å². The van der Waals surface area contributed by atoms with E-state index in [0.29, 0.717) is 18.4 Å². The molecule has 1 heterocycles. The van der Waals surface area contributed by atoms with Crippen LogP contribution in [0.25, 0.3) is 0 Å². The number of hydrogen-bond donors (Lipinski definition) is 2. The maximum absolute atomic E-state index is 12.1. The summed E-state index contributed by atoms with van der Waals surface area (Å²) in [4.78, 5) is 14.5. The van der Waals surface area contributed by atoms with Crippen molar-refractivity contribution in [2.24, 2.45) is 11.8 Å². The van der Waals surface area contributed by atoms with Gasteiger partial charge in [-0.1, -0.05) is 17.7 Å². The van der Waals surface area contributed by atoms with Crippen LogP contribution in [0.1, 0.15) is 38.2 Å². The van der Waals surface area contributed by atoms with E-state index in [4.69, 9.17) is 0 Å². The number of nitrogens with zero attached hydrogens (tertiary/aromatic N) is 1. The summed E-state index contributed by atoms with van der Waals surface area (Å²) in [5.74, 6) is 1.07. The van der Waals surface area contributed by atoms with Gasteiger partial charge in [-0.2, -0.15) is 0 Å². The van der Waals surface area contributed by atoms with Crippen molar-refractivity contribution in [2.45, 2.75) is 39.2 Å². The first-order chi connectivity index (χ1) is 11.6. The van der Waals surface area contributed by atoms with Crippen molar-refractivity contribution in [3.05, 3.63) is 41.5 Å². The number of rotatable bonds is 6. The standard InChI is InChI=1S/C20H28N2O2/c1-15(18-5-6-18)11-20(24)21-19-4-2-3-17(12-19)13-22-9-7-16(14-23)8-10-22/h2-4,11-12,16,18,23H,5-10,13-14H2,1H3,(H,21,24)/b15-11-. The maximum atomic E-state index is 12.1. The van der Waals surface area contributed by atoms with Gasteiger partial charge in [0.2, 0.25) is 5.91 Å². The van der Waals surface area contributed by atoms with Gasteiger partial charge in [0.05, 0.1) is 0 Å². The lowest BCUT2D eigenvalue weighted by Gasteiger charge is -2.31. The van der Waals surface area contributed by atoms with Crippen LogP contribution in [-0.4, -0.2) is 35.6 Å². The predicted octanol–water partition coefficient (Wildman–Crippen LogP) is 3.19. The zero-order valence-electron chi connectivity index (χ0n) is 14.5. The van der Waals surface area contributed by atoms with Gasteiger partial charge in [-0.15, -0.1) is 0 Å². The Balaban J connectivity index is 1.54. The maximum Gasteiger partial charge on any atom is 0.248 e. The Morgan fingerprint density at radius 1 is 1.29 bits per heavy atom. The van der Waals surface area contributed by atoms with Gasteiger partial charge in [-0.05, 0) is 75.2 Å². The molecule has 3 rings (SSSR count). The van der Waals surface area contributed by atoms with Gasteiger partial charge in [0.25, 0.3) is 0 Å². The fourth-order valence-electron chi connectivity index (χ4n) is 3.37. The number of likely N-dealkylation sites (tertiary alicyclic amines) is 1. The third kappa shape index (κ3) is 4.92. The number of amides is 1. The summed E-state index contributed by atoms with van der Waals surface area (Å²) >= 11 is 0. The van der Waals surface area contributed by atoms with Crippen LogP contribution in [0.5, 0.6) is 0 Å². The van der Waals surface area contributed by atoms with E-state index in [-0.39, 0.29) is 5.91 Å². The number of hydrogen-bond acceptors (Lipinski definition) is 3. The van der Waals surface area contributed by atoms with Gasteiger partial charge >= 0.3 is 0 Å². The zero-order valence-corrected chi connectivity index (χ0v) is 14.5. The van der Waals surface area contributed by atoms with Crippen LogP contribution in [-0.2, 0) is 11.3 Å². The van der Waals surface area contributed by atoms with Crippen LogP contribution >= 0.6 is 0 Å². The molecule has 4 heteroatoms. The molecule has 2 aliphatic rings. The number of carbonyl (C=O) groups is 1. The highest BCUT2D eigenvalue weighted by molar-refractivity contribution is 5.99. The molecule has 1 amide bonds. The minimum Gasteiger partial charge on any atom is -0.396 e. The molecule has 0 unspecified atom stereocenters. The summed E-state index contributed by atoms with van der Waals surface area (Å²) in [6.45, 7) is 5.32. The molecule has 0 spiro atoms. The molecular weight excluding hydrogens is 300 g/mol. The molecular formula is C20H28N2O2. The molecule has 1 aliphatic heterocycles. The van der Waals surface area contributed by atoms with Crippen molar-refractivity contribution in [1.82, 2.24) is 4.90 Å². The Morgan fingerprint density at radius 2 is 2.04 bits per heavy atom. The molecule has 1 aliphatic carbocycles. The lowest BCUT2D eigenvalue weighted by atomic mass is 9.97. The van der Waals surface area contributed by atoms with E-state index >= 15 is 0 Å². The third-order valence-corrected chi connectivity index (χ3v) is 5.15. The molecule has 0 atom stereocenters. The molecule has 24 heavy (non-hydrogen) atoms. The van der Waals surface area contributed by atoms with Crippen LogP contribution < -0.4 is 5.32 Å². The van der Waals surface area contributed by atoms with Crippen molar-refractivity contribution >= 4 is 11.6 Å². The summed E-state index contributed by atoms with van der Waals surface area (Å²) < 4.78 is 0. The zero-order chi connectivity index (χ0) is 16.9. The van der Waals surface area contributed by atoms with Crippen molar-refractivity contribution < 1.29 is 9.90 Å². The van der Waals surface area contributed by atoms with Gasteiger partial charge in [-0.3, -0.25) is 9.69 Å². The van der Waals surface area contributed by atoms with E-state index in [9.17, 15) is 9.90 Å². The Labute approximate surface area is 144 Å². The first-order valence-corrected chi connectivity index (χ1v) is 9.05. The molecule has 0 radical (unpaired) electrons. The van der Waals surface area contributed by atoms with E-state index in [1.807, 2.05) is 19.1 Å². The molecule has 1 aromatic carbocycles. The fourth-order valence-corrected chi connectivity index (χ4v) is 3.37. The Morgan fingerprint density at radius 3 is 2.71 bits per heavy atom. The van der Waals surface area contributed by atoms with Crippen LogP contribution in [0.15, 0.2) is 35.9 Å². The first-order valence-electron chi connectivity index (χ1n) is 9.05. The van der Waals surface area contributed by atoms with Gasteiger partial charge in [-0.25, -0.2) is 0 Å². The van der Waals surface area contributed by atoms with Gasteiger partial charge in [0, 0.05) is 24.9 Å². The number of allylic oxidation sites excluding steroid dienone is 1. The lowest BCUT2D eigenvalue weighted by molar-refractivity contribution is -0.112. The second-order valence-corrected chi connectivity index (χ2v) is 7.25. The highest BCUT2D eigenvalue weighted by atomic mass is 16.3. The Bertz CT molecular complexity index is 599. The summed E-state index contributed by atoms with van der Waals surface area (Å²) in [6.07, 6.45) is 6.32. The summed E-state index contributed by atoms with van der Waals surface area (Å²) in [5.41, 5.74) is 3.27. The fraction of sp³-hybridized carbons (Fsp3) is 0.550. The molecule has 1 saturated carbocycles. The molecule has 4 nitrogen and oxygen atoms in total. The number of nitrogens with one attached hydrogen (secondary N) is 1. The molecule has 0 bridgehead atoms. The predicted molar refractivity (Wildman–Crippen MR) is 96.6 cm³/mol. The molecule has 1 saturated heterocycles. The molecule has 130 valence electrons. The topological polar surface area (TPSA) is 52.6 Å². The Kier molecular flexibility index (Phi) is 5.69. The number of aliphatic hydroxyl groups is 1. The number of benzene rings is 1. The average Bonchev–Trinajstić information content (AvgIpc) is 3.41. The van der Waals surface area contributed by atoms with Crippen molar-refractivity contribution in [2.75, 3.05) is 25.0 Å². The first kappa shape index (κ1) is 17.2. The highest BCUT2D eigenvalue weighted by Gasteiger charge is 2.23. The van der Waals surface area contributed by atoms with Gasteiger partial charge in [0.1, 0.15) is 0 Å². The highest BCUT2D eigenvalue weighted by Crippen LogP contribution is 2.35. The SMILES string of the molecule is C/C(=C/C(=O)Nc1cccc(CN2CCC(CO)CC2)c1)C1CC1. The van der Waals surface area contributed by atoms with Crippen LogP contribution in [0.3, 0.4) is 0 Å². The summed E-state index contributed by atoms with van der Waals surface area (Å²) in [6, 6.07) is 8.12. The van der Waals surface area contributed by atoms with Crippen molar-refractivity contribution in [1.29, 1.82) is 0 Å². The second kappa shape index (κ2) is 7.95. The van der Waals surface area contributed by atoms with Gasteiger partial charge < -0.3 is 10.4 Å². The smallest absolute Gasteiger partial charge is 0.248 e. The van der Waals surface area contributed by atoms with Crippen LogP contribution in [0.2, 0.25) is 0 Å². The van der Waals surface area contributed by atoms with Crippen LogP contribution in [0, 0.1) is 11.8 Å². The third-order valence-electron chi connectivity index (χ3n) is 5.15. The van der Waals surface area contributed by atoms with Gasteiger partial charge in [0.15, 0.2) is 0 Å². The summed E-state index contributed by atoms with van der Waals surface area (Å²) in [5, 5.41) is 12.2. The van der Waals surface area contributed by atoms with Crippen molar-refractivity contribution in [3.63, 3.8) is 0 Å². The number of anilines is 1. The second-order valence-electron chi connectivity index (χ2n) is 7.25. The largest absolute Gasteiger partial charge is 0.396 e. The van der Waals surface area contributed by atoms with E-state index in [2.05, 4.69) is 22.3 Å².